The van der Waals surface area contributed by atoms with E-state index in [-0.39, 0.29) is 17.9 Å². The molecule has 0 radical (unpaired) electrons. The van der Waals surface area contributed by atoms with Gasteiger partial charge in [0.15, 0.2) is 0 Å². The van der Waals surface area contributed by atoms with Gasteiger partial charge < -0.3 is 20.5 Å². The molecule has 0 saturated carbocycles. The fraction of sp³-hybridized carbons (Fsp3) is 0.111. The van der Waals surface area contributed by atoms with Crippen molar-refractivity contribution in [3.63, 3.8) is 0 Å². The second kappa shape index (κ2) is 11.1. The van der Waals surface area contributed by atoms with Crippen LogP contribution in [0.5, 0.6) is 5.75 Å². The molecule has 37 heavy (non-hydrogen) atoms. The van der Waals surface area contributed by atoms with E-state index in [1.54, 1.807) is 42.5 Å². The van der Waals surface area contributed by atoms with Gasteiger partial charge in [0.25, 0.3) is 5.91 Å². The van der Waals surface area contributed by atoms with Crippen LogP contribution in [0.3, 0.4) is 0 Å². The van der Waals surface area contributed by atoms with Crippen molar-refractivity contribution in [3.05, 3.63) is 99.2 Å². The Kier molecular flexibility index (Phi) is 7.69. The van der Waals surface area contributed by atoms with Crippen molar-refractivity contribution in [3.8, 4) is 5.75 Å². The van der Waals surface area contributed by atoms with Gasteiger partial charge in [-0.2, -0.15) is 0 Å². The maximum atomic E-state index is 12.8. The number of carboxylic acid groups (broad SMARTS) is 1. The van der Waals surface area contributed by atoms with Crippen LogP contribution >= 0.6 is 15.9 Å². The van der Waals surface area contributed by atoms with E-state index in [9.17, 15) is 19.2 Å². The maximum Gasteiger partial charge on any atom is 0.335 e. The summed E-state index contributed by atoms with van der Waals surface area (Å²) in [5, 5.41) is 14.3. The number of aryl methyl sites for hydroxylation is 1. The largest absolute Gasteiger partial charge is 0.488 e. The molecule has 0 spiro atoms. The highest BCUT2D eigenvalue weighted by molar-refractivity contribution is 9.10. The van der Waals surface area contributed by atoms with Gasteiger partial charge in [0.2, 0.25) is 5.91 Å². The number of benzene rings is 3. The van der Waals surface area contributed by atoms with E-state index < -0.39 is 30.4 Å². The molecule has 1 heterocycles. The van der Waals surface area contributed by atoms with E-state index in [2.05, 4.69) is 26.6 Å². The first-order chi connectivity index (χ1) is 17.7. The summed E-state index contributed by atoms with van der Waals surface area (Å²) in [6.07, 6.45) is 1.50. The Labute approximate surface area is 220 Å². The lowest BCUT2D eigenvalue weighted by Gasteiger charge is -2.12. The van der Waals surface area contributed by atoms with Gasteiger partial charge in [-0.3, -0.25) is 9.59 Å². The summed E-state index contributed by atoms with van der Waals surface area (Å²) in [5.41, 5.74) is 3.13. The van der Waals surface area contributed by atoms with Gasteiger partial charge in [-0.25, -0.2) is 14.5 Å². The molecule has 1 fully saturated rings. The molecule has 1 saturated heterocycles. The Hall–Kier alpha value is -4.44. The first-order valence-corrected chi connectivity index (χ1v) is 11.9. The summed E-state index contributed by atoms with van der Waals surface area (Å²) in [6, 6.07) is 18.0. The van der Waals surface area contributed by atoms with Crippen molar-refractivity contribution in [2.24, 2.45) is 0 Å². The van der Waals surface area contributed by atoms with Gasteiger partial charge in [-0.05, 0) is 76.5 Å². The monoisotopic (exact) mass is 563 g/mol. The fourth-order valence-corrected chi connectivity index (χ4v) is 4.05. The van der Waals surface area contributed by atoms with Crippen molar-refractivity contribution in [2.45, 2.75) is 13.5 Å². The molecule has 188 valence electrons. The number of hydrogen-bond acceptors (Lipinski definition) is 5. The van der Waals surface area contributed by atoms with Crippen LogP contribution in [0.4, 0.5) is 10.5 Å². The van der Waals surface area contributed by atoms with Crippen LogP contribution in [-0.4, -0.2) is 40.4 Å². The topological polar surface area (TPSA) is 125 Å². The molecule has 3 aromatic rings. The number of aromatic carboxylic acids is 1. The Morgan fingerprint density at radius 3 is 2.54 bits per heavy atom. The van der Waals surface area contributed by atoms with Gasteiger partial charge >= 0.3 is 12.0 Å². The third kappa shape index (κ3) is 6.42. The molecule has 0 unspecified atom stereocenters. The number of anilines is 1. The molecule has 1 aliphatic rings. The number of imide groups is 1. The molecule has 0 atom stereocenters. The molecule has 3 N–H and O–H groups in total. The summed E-state index contributed by atoms with van der Waals surface area (Å²) in [4.78, 5) is 49.4. The van der Waals surface area contributed by atoms with Gasteiger partial charge in [-0.1, -0.05) is 35.9 Å². The highest BCUT2D eigenvalue weighted by Crippen LogP contribution is 2.28. The SMILES string of the molecule is Cc1ccc(NC(=O)CN2C(=O)N/C(=C/c3ccc(OCc4cccc(C(=O)O)c4)c(Br)c3)C2=O)cc1. The second-order valence-corrected chi connectivity index (χ2v) is 9.13. The minimum absolute atomic E-state index is 0.0409. The predicted molar refractivity (Wildman–Crippen MR) is 140 cm³/mol. The van der Waals surface area contributed by atoms with E-state index in [1.807, 2.05) is 19.1 Å². The molecular formula is C27H22BrN3O6. The number of urea groups is 1. The Balaban J connectivity index is 1.39. The summed E-state index contributed by atoms with van der Waals surface area (Å²) < 4.78 is 6.39. The maximum absolute atomic E-state index is 12.8. The average Bonchev–Trinajstić information content (AvgIpc) is 3.12. The zero-order chi connectivity index (χ0) is 26.5. The summed E-state index contributed by atoms with van der Waals surface area (Å²) in [6.45, 7) is 1.67. The van der Waals surface area contributed by atoms with Crippen molar-refractivity contribution >= 4 is 51.5 Å². The first-order valence-electron chi connectivity index (χ1n) is 11.2. The zero-order valence-corrected chi connectivity index (χ0v) is 21.2. The molecule has 0 aromatic heterocycles. The molecule has 10 heteroatoms. The van der Waals surface area contributed by atoms with Crippen LogP contribution in [0.1, 0.15) is 27.0 Å². The van der Waals surface area contributed by atoms with Crippen LogP contribution in [0.25, 0.3) is 6.08 Å². The van der Waals surface area contributed by atoms with Gasteiger partial charge in [0, 0.05) is 5.69 Å². The van der Waals surface area contributed by atoms with Crippen LogP contribution in [0.15, 0.2) is 76.9 Å². The fourth-order valence-electron chi connectivity index (χ4n) is 3.54. The van der Waals surface area contributed by atoms with Gasteiger partial charge in [0.05, 0.1) is 10.0 Å². The van der Waals surface area contributed by atoms with E-state index in [0.29, 0.717) is 27.0 Å². The highest BCUT2D eigenvalue weighted by atomic mass is 79.9. The third-order valence-corrected chi connectivity index (χ3v) is 6.05. The number of hydrogen-bond donors (Lipinski definition) is 3. The smallest absolute Gasteiger partial charge is 0.335 e. The molecule has 4 rings (SSSR count). The van der Waals surface area contributed by atoms with Crippen LogP contribution in [0.2, 0.25) is 0 Å². The quantitative estimate of drug-likeness (QED) is 0.272. The molecule has 9 nitrogen and oxygen atoms in total. The van der Waals surface area contributed by atoms with Crippen molar-refractivity contribution in [1.82, 2.24) is 10.2 Å². The molecule has 1 aliphatic heterocycles. The molecule has 3 aromatic carbocycles. The van der Waals surface area contributed by atoms with Gasteiger partial charge in [0.1, 0.15) is 24.6 Å². The van der Waals surface area contributed by atoms with Crippen molar-refractivity contribution < 1.29 is 29.0 Å². The van der Waals surface area contributed by atoms with Crippen LogP contribution in [0, 0.1) is 6.92 Å². The minimum atomic E-state index is -1.01. The number of ether oxygens (including phenoxy) is 1. The van der Waals surface area contributed by atoms with Crippen LogP contribution in [-0.2, 0) is 16.2 Å². The summed E-state index contributed by atoms with van der Waals surface area (Å²) in [5.74, 6) is -1.61. The Morgan fingerprint density at radius 2 is 1.84 bits per heavy atom. The average molecular weight is 564 g/mol. The number of carboxylic acids is 1. The molecule has 4 amide bonds. The second-order valence-electron chi connectivity index (χ2n) is 8.28. The van der Waals surface area contributed by atoms with Gasteiger partial charge in [-0.15, -0.1) is 0 Å². The molecule has 0 aliphatic carbocycles. The number of rotatable bonds is 8. The standard InChI is InChI=1S/C27H22BrN3O6/c1-16-5-8-20(9-6-16)29-24(32)14-31-25(33)22(30-27(31)36)13-17-7-10-23(21(28)12-17)37-15-18-3-2-4-19(11-18)26(34)35/h2-13H,14-15H2,1H3,(H,29,32)(H,30,36)(H,34,35)/b22-13+. The number of carbonyl (C=O) groups is 4. The minimum Gasteiger partial charge on any atom is -0.488 e. The summed E-state index contributed by atoms with van der Waals surface area (Å²) in [7, 11) is 0. The number of carbonyl (C=O) groups excluding carboxylic acids is 3. The lowest BCUT2D eigenvalue weighted by atomic mass is 10.1. The highest BCUT2D eigenvalue weighted by Gasteiger charge is 2.34. The van der Waals surface area contributed by atoms with Crippen molar-refractivity contribution in [1.29, 1.82) is 0 Å². The lowest BCUT2D eigenvalue weighted by Crippen LogP contribution is -2.38. The molecular weight excluding hydrogens is 542 g/mol. The van der Waals surface area contributed by atoms with Crippen molar-refractivity contribution in [2.75, 3.05) is 11.9 Å². The summed E-state index contributed by atoms with van der Waals surface area (Å²) >= 11 is 3.43. The van der Waals surface area contributed by atoms with E-state index in [0.717, 1.165) is 10.5 Å². The Bertz CT molecular complexity index is 1420. The number of nitrogens with zero attached hydrogens (tertiary/aromatic N) is 1. The van der Waals surface area contributed by atoms with Crippen LogP contribution < -0.4 is 15.4 Å². The predicted octanol–water partition coefficient (Wildman–Crippen LogP) is 4.57. The number of halogens is 1. The van der Waals surface area contributed by atoms with E-state index >= 15 is 0 Å². The Morgan fingerprint density at radius 1 is 1.08 bits per heavy atom. The zero-order valence-electron chi connectivity index (χ0n) is 19.7. The third-order valence-electron chi connectivity index (χ3n) is 5.43. The van der Waals surface area contributed by atoms with E-state index in [4.69, 9.17) is 9.84 Å². The molecule has 0 bridgehead atoms. The number of amides is 4. The van der Waals surface area contributed by atoms with E-state index in [1.165, 1.54) is 18.2 Å². The normalized spacial score (nSPS) is 14.0. The lowest BCUT2D eigenvalue weighted by molar-refractivity contribution is -0.127. The first kappa shape index (κ1) is 25.6. The number of nitrogens with one attached hydrogen (secondary N) is 2.